The van der Waals surface area contributed by atoms with Crippen LogP contribution in [0.15, 0.2) is 18.2 Å². The van der Waals surface area contributed by atoms with Gasteiger partial charge in [0, 0.05) is 17.7 Å². The van der Waals surface area contributed by atoms with E-state index >= 15 is 0 Å². The maximum absolute atomic E-state index is 11.4. The fourth-order valence-electron chi connectivity index (χ4n) is 1.93. The Morgan fingerprint density at radius 1 is 1.56 bits per heavy atom. The summed E-state index contributed by atoms with van der Waals surface area (Å²) in [5, 5.41) is 3.13. The molecular weight excluding hydrogens is 206 g/mol. The third-order valence-electron chi connectivity index (χ3n) is 2.66. The van der Waals surface area contributed by atoms with Crippen LogP contribution in [0.1, 0.15) is 12.5 Å². The lowest BCUT2D eigenvalue weighted by Gasteiger charge is -2.07. The molecule has 4 heteroatoms. The molecule has 1 aliphatic heterocycles. The van der Waals surface area contributed by atoms with E-state index in [1.807, 2.05) is 25.1 Å². The number of carbonyl (C=O) groups excluding carboxylic acids is 1. The number of anilines is 1. The Hall–Kier alpha value is -1.71. The number of fused-ring (bicyclic) bond motifs is 1. The van der Waals surface area contributed by atoms with Gasteiger partial charge < -0.3 is 14.8 Å². The molecule has 0 bridgehead atoms. The third kappa shape index (κ3) is 1.83. The second-order valence-electron chi connectivity index (χ2n) is 3.64. The van der Waals surface area contributed by atoms with Crippen molar-refractivity contribution in [2.75, 3.05) is 19.0 Å². The molecule has 0 radical (unpaired) electrons. The van der Waals surface area contributed by atoms with Crippen LogP contribution in [0.2, 0.25) is 0 Å². The number of ether oxygens (including phenoxy) is 2. The topological polar surface area (TPSA) is 47.6 Å². The summed E-state index contributed by atoms with van der Waals surface area (Å²) in [7, 11) is 1.40. The summed E-state index contributed by atoms with van der Waals surface area (Å²) in [6.45, 7) is 2.57. The van der Waals surface area contributed by atoms with Crippen molar-refractivity contribution in [2.24, 2.45) is 0 Å². The van der Waals surface area contributed by atoms with Gasteiger partial charge in [-0.3, -0.25) is 0 Å². The van der Waals surface area contributed by atoms with Crippen molar-refractivity contribution in [2.45, 2.75) is 19.4 Å². The zero-order valence-electron chi connectivity index (χ0n) is 9.45. The highest BCUT2D eigenvalue weighted by molar-refractivity contribution is 5.83. The molecule has 0 aromatic heterocycles. The van der Waals surface area contributed by atoms with Crippen molar-refractivity contribution in [3.05, 3.63) is 23.8 Å². The highest BCUT2D eigenvalue weighted by atomic mass is 16.5. The first-order valence-corrected chi connectivity index (χ1v) is 5.35. The summed E-state index contributed by atoms with van der Waals surface area (Å²) >= 11 is 0. The van der Waals surface area contributed by atoms with Crippen LogP contribution in [0.4, 0.5) is 5.69 Å². The van der Waals surface area contributed by atoms with E-state index in [2.05, 4.69) is 5.32 Å². The number of nitrogens with one attached hydrogen (secondary N) is 1. The highest BCUT2D eigenvalue weighted by Crippen LogP contribution is 2.33. The van der Waals surface area contributed by atoms with Crippen LogP contribution >= 0.6 is 0 Å². The average molecular weight is 221 g/mol. The molecule has 1 aliphatic rings. The summed E-state index contributed by atoms with van der Waals surface area (Å²) in [6, 6.07) is 5.49. The fourth-order valence-corrected chi connectivity index (χ4v) is 1.93. The molecule has 1 aromatic carbocycles. The van der Waals surface area contributed by atoms with Gasteiger partial charge >= 0.3 is 5.97 Å². The molecule has 1 heterocycles. The van der Waals surface area contributed by atoms with Gasteiger partial charge in [0.2, 0.25) is 0 Å². The predicted molar refractivity (Wildman–Crippen MR) is 60.7 cm³/mol. The molecule has 0 fully saturated rings. The van der Waals surface area contributed by atoms with Crippen molar-refractivity contribution in [3.63, 3.8) is 0 Å². The summed E-state index contributed by atoms with van der Waals surface area (Å²) in [6.07, 6.45) is 0.623. The highest BCUT2D eigenvalue weighted by Gasteiger charge is 2.29. The first-order chi connectivity index (χ1) is 7.76. The SMILES string of the molecule is CCOc1cccc2c1CC(C(=O)OC)N2. The molecule has 2 rings (SSSR count). The smallest absolute Gasteiger partial charge is 0.328 e. The van der Waals surface area contributed by atoms with Crippen molar-refractivity contribution in [1.82, 2.24) is 0 Å². The first-order valence-electron chi connectivity index (χ1n) is 5.35. The van der Waals surface area contributed by atoms with Crippen molar-refractivity contribution >= 4 is 11.7 Å². The minimum atomic E-state index is -0.290. The van der Waals surface area contributed by atoms with Gasteiger partial charge in [0.15, 0.2) is 0 Å². The number of carbonyl (C=O) groups is 1. The van der Waals surface area contributed by atoms with E-state index in [0.29, 0.717) is 13.0 Å². The van der Waals surface area contributed by atoms with Crippen LogP contribution in [0, 0.1) is 0 Å². The monoisotopic (exact) mass is 221 g/mol. The van der Waals surface area contributed by atoms with Gasteiger partial charge in [0.1, 0.15) is 11.8 Å². The normalized spacial score (nSPS) is 17.5. The molecule has 1 aromatic rings. The van der Waals surface area contributed by atoms with E-state index in [-0.39, 0.29) is 12.0 Å². The maximum Gasteiger partial charge on any atom is 0.328 e. The van der Waals surface area contributed by atoms with Gasteiger partial charge in [0.05, 0.1) is 13.7 Å². The Morgan fingerprint density at radius 3 is 3.06 bits per heavy atom. The van der Waals surface area contributed by atoms with Crippen molar-refractivity contribution in [3.8, 4) is 5.75 Å². The van der Waals surface area contributed by atoms with Crippen LogP contribution in [0.25, 0.3) is 0 Å². The summed E-state index contributed by atoms with van der Waals surface area (Å²) in [5.74, 6) is 0.609. The zero-order valence-corrected chi connectivity index (χ0v) is 9.45. The minimum Gasteiger partial charge on any atom is -0.494 e. The number of rotatable bonds is 3. The number of hydrogen-bond acceptors (Lipinski definition) is 4. The summed E-state index contributed by atoms with van der Waals surface area (Å²) < 4.78 is 10.2. The average Bonchev–Trinajstić information content (AvgIpc) is 2.73. The molecule has 1 unspecified atom stereocenters. The number of esters is 1. The lowest BCUT2D eigenvalue weighted by Crippen LogP contribution is -2.27. The molecule has 0 saturated carbocycles. The van der Waals surface area contributed by atoms with E-state index < -0.39 is 0 Å². The van der Waals surface area contributed by atoms with E-state index in [1.165, 1.54) is 7.11 Å². The maximum atomic E-state index is 11.4. The lowest BCUT2D eigenvalue weighted by atomic mass is 10.1. The molecule has 0 amide bonds. The van der Waals surface area contributed by atoms with Crippen molar-refractivity contribution in [1.29, 1.82) is 0 Å². The van der Waals surface area contributed by atoms with Crippen LogP contribution in [0.5, 0.6) is 5.75 Å². The quantitative estimate of drug-likeness (QED) is 0.787. The second-order valence-corrected chi connectivity index (χ2v) is 3.64. The predicted octanol–water partition coefficient (Wildman–Crippen LogP) is 1.59. The molecule has 86 valence electrons. The molecule has 4 nitrogen and oxygen atoms in total. The minimum absolute atomic E-state index is 0.237. The van der Waals surface area contributed by atoms with Gasteiger partial charge in [-0.05, 0) is 19.1 Å². The Balaban J connectivity index is 2.23. The largest absolute Gasteiger partial charge is 0.494 e. The Morgan fingerprint density at radius 2 is 2.38 bits per heavy atom. The standard InChI is InChI=1S/C12H15NO3/c1-3-16-11-6-4-5-9-8(11)7-10(13-9)12(14)15-2/h4-6,10,13H,3,7H2,1-2H3. The Labute approximate surface area is 94.6 Å². The molecule has 0 saturated heterocycles. The molecular formula is C12H15NO3. The summed E-state index contributed by atoms with van der Waals surface area (Å²) in [4.78, 5) is 11.4. The van der Waals surface area contributed by atoms with Crippen LogP contribution in [-0.4, -0.2) is 25.7 Å². The fraction of sp³-hybridized carbons (Fsp3) is 0.417. The van der Waals surface area contributed by atoms with Crippen LogP contribution in [-0.2, 0) is 16.0 Å². The summed E-state index contributed by atoms with van der Waals surface area (Å²) in [5.41, 5.74) is 2.01. The van der Waals surface area contributed by atoms with E-state index in [4.69, 9.17) is 9.47 Å². The van der Waals surface area contributed by atoms with Gasteiger partial charge in [-0.15, -0.1) is 0 Å². The lowest BCUT2D eigenvalue weighted by molar-refractivity contribution is -0.141. The van der Waals surface area contributed by atoms with E-state index in [1.54, 1.807) is 0 Å². The number of benzene rings is 1. The molecule has 0 aliphatic carbocycles. The molecule has 0 spiro atoms. The molecule has 16 heavy (non-hydrogen) atoms. The molecule has 1 atom stereocenters. The first kappa shape index (κ1) is 10.8. The second kappa shape index (κ2) is 4.43. The molecule has 1 N–H and O–H groups in total. The van der Waals surface area contributed by atoms with Gasteiger partial charge in [-0.25, -0.2) is 4.79 Å². The van der Waals surface area contributed by atoms with Gasteiger partial charge in [-0.2, -0.15) is 0 Å². The number of methoxy groups -OCH3 is 1. The number of hydrogen-bond donors (Lipinski definition) is 1. The van der Waals surface area contributed by atoms with Crippen molar-refractivity contribution < 1.29 is 14.3 Å². The van der Waals surface area contributed by atoms with Crippen LogP contribution < -0.4 is 10.1 Å². The third-order valence-corrected chi connectivity index (χ3v) is 2.66. The van der Waals surface area contributed by atoms with E-state index in [9.17, 15) is 4.79 Å². The van der Waals surface area contributed by atoms with E-state index in [0.717, 1.165) is 17.0 Å². The van der Waals surface area contributed by atoms with Crippen LogP contribution in [0.3, 0.4) is 0 Å². The Bertz CT molecular complexity index is 403. The van der Waals surface area contributed by atoms with Gasteiger partial charge in [0.25, 0.3) is 0 Å². The zero-order chi connectivity index (χ0) is 11.5. The van der Waals surface area contributed by atoms with Gasteiger partial charge in [-0.1, -0.05) is 6.07 Å². The Kier molecular flexibility index (Phi) is 2.99.